The number of hydrogen-bond acceptors (Lipinski definition) is 6. The minimum Gasteiger partial charge on any atom is -0.497 e. The zero-order valence-corrected chi connectivity index (χ0v) is 21.2. The molecule has 0 saturated heterocycles. The highest BCUT2D eigenvalue weighted by molar-refractivity contribution is 7.98. The van der Waals surface area contributed by atoms with Crippen molar-refractivity contribution < 1.29 is 18.7 Å². The van der Waals surface area contributed by atoms with E-state index in [4.69, 9.17) is 26.1 Å². The normalized spacial score (nSPS) is 11.0. The van der Waals surface area contributed by atoms with Crippen LogP contribution in [0.2, 0.25) is 5.02 Å². The molecule has 186 valence electrons. The molecule has 0 fully saturated rings. The van der Waals surface area contributed by atoms with Gasteiger partial charge in [-0.3, -0.25) is 14.2 Å². The fraction of sp³-hybridized carbons (Fsp3) is 0.192. The molecular weight excluding hydrogens is 505 g/mol. The number of ether oxygens (including phenoxy) is 2. The minimum absolute atomic E-state index is 0.150. The predicted molar refractivity (Wildman–Crippen MR) is 139 cm³/mol. The predicted octanol–water partition coefficient (Wildman–Crippen LogP) is 4.86. The van der Waals surface area contributed by atoms with Crippen LogP contribution in [0.3, 0.4) is 0 Å². The van der Waals surface area contributed by atoms with Crippen molar-refractivity contribution in [2.45, 2.75) is 10.9 Å². The van der Waals surface area contributed by atoms with E-state index in [9.17, 15) is 14.0 Å². The Bertz CT molecular complexity index is 1440. The summed E-state index contributed by atoms with van der Waals surface area (Å²) in [5.41, 5.74) is 1.27. The van der Waals surface area contributed by atoms with Gasteiger partial charge in [0.1, 0.15) is 11.6 Å². The van der Waals surface area contributed by atoms with Crippen molar-refractivity contribution in [1.29, 1.82) is 0 Å². The van der Waals surface area contributed by atoms with Crippen LogP contribution in [0.1, 0.15) is 15.9 Å². The van der Waals surface area contributed by atoms with Gasteiger partial charge in [0.05, 0.1) is 30.3 Å². The van der Waals surface area contributed by atoms with Crippen LogP contribution in [0.5, 0.6) is 5.75 Å². The summed E-state index contributed by atoms with van der Waals surface area (Å²) in [5.74, 6) is 0.0418. The number of rotatable bonds is 9. The Kier molecular flexibility index (Phi) is 8.25. The molecular formula is C26H23ClFN3O4S. The van der Waals surface area contributed by atoms with Crippen LogP contribution in [0.15, 0.2) is 70.6 Å². The molecule has 0 atom stereocenters. The highest BCUT2D eigenvalue weighted by atomic mass is 35.5. The Morgan fingerprint density at radius 1 is 1.14 bits per heavy atom. The first-order valence-corrected chi connectivity index (χ1v) is 12.3. The first kappa shape index (κ1) is 25.7. The van der Waals surface area contributed by atoms with Crippen LogP contribution in [-0.2, 0) is 10.5 Å². The number of carbonyl (C=O) groups excluding carboxylic acids is 1. The summed E-state index contributed by atoms with van der Waals surface area (Å²) < 4.78 is 26.1. The van der Waals surface area contributed by atoms with Gasteiger partial charge < -0.3 is 14.8 Å². The fourth-order valence-corrected chi connectivity index (χ4v) is 4.89. The number of amides is 1. The van der Waals surface area contributed by atoms with Gasteiger partial charge in [-0.25, -0.2) is 9.37 Å². The molecule has 1 N–H and O–H groups in total. The number of carbonyl (C=O) groups is 1. The number of nitrogens with zero attached hydrogens (tertiary/aromatic N) is 2. The van der Waals surface area contributed by atoms with Gasteiger partial charge in [0.15, 0.2) is 5.16 Å². The van der Waals surface area contributed by atoms with Crippen LogP contribution in [0.4, 0.5) is 4.39 Å². The van der Waals surface area contributed by atoms with E-state index in [1.54, 1.807) is 62.8 Å². The van der Waals surface area contributed by atoms with Crippen molar-refractivity contribution in [3.05, 3.63) is 93.0 Å². The van der Waals surface area contributed by atoms with Crippen molar-refractivity contribution in [1.82, 2.24) is 14.9 Å². The van der Waals surface area contributed by atoms with Crippen molar-refractivity contribution in [2.75, 3.05) is 27.4 Å². The third-order valence-electron chi connectivity index (χ3n) is 5.43. The van der Waals surface area contributed by atoms with Crippen molar-refractivity contribution in [3.63, 3.8) is 0 Å². The van der Waals surface area contributed by atoms with Crippen LogP contribution < -0.4 is 15.6 Å². The summed E-state index contributed by atoms with van der Waals surface area (Å²) in [6.07, 6.45) is 0. The lowest BCUT2D eigenvalue weighted by Crippen LogP contribution is -2.27. The lowest BCUT2D eigenvalue weighted by atomic mass is 10.1. The van der Waals surface area contributed by atoms with Gasteiger partial charge in [0.2, 0.25) is 0 Å². The number of halogens is 2. The maximum absolute atomic E-state index is 14.4. The van der Waals surface area contributed by atoms with Crippen LogP contribution >= 0.6 is 23.4 Å². The molecule has 4 aromatic rings. The first-order chi connectivity index (χ1) is 17.4. The molecule has 4 rings (SSSR count). The van der Waals surface area contributed by atoms with Gasteiger partial charge >= 0.3 is 0 Å². The highest BCUT2D eigenvalue weighted by Gasteiger charge is 2.17. The van der Waals surface area contributed by atoms with Gasteiger partial charge in [-0.1, -0.05) is 29.4 Å². The quantitative estimate of drug-likeness (QED) is 0.190. The molecule has 0 aliphatic heterocycles. The number of hydrogen-bond donors (Lipinski definition) is 1. The van der Waals surface area contributed by atoms with Gasteiger partial charge in [-0.2, -0.15) is 0 Å². The fourth-order valence-electron chi connectivity index (χ4n) is 3.54. The van der Waals surface area contributed by atoms with Gasteiger partial charge in [-0.05, 0) is 54.6 Å². The maximum atomic E-state index is 14.4. The van der Waals surface area contributed by atoms with Gasteiger partial charge in [0.25, 0.3) is 11.5 Å². The standard InChI is InChI=1S/C26H23ClFN3O4S/c1-34-13-12-29-24(32)16-6-11-19-23(14-16)30-26(36-15-20-21(27)4-3-5-22(20)28)31(25(19)33)17-7-9-18(35-2)10-8-17/h3-11,14H,12-13,15H2,1-2H3,(H,29,32). The number of methoxy groups -OCH3 is 2. The van der Waals surface area contributed by atoms with Crippen LogP contribution in [-0.4, -0.2) is 42.8 Å². The van der Waals surface area contributed by atoms with Crippen molar-refractivity contribution in [3.8, 4) is 11.4 Å². The Balaban J connectivity index is 1.80. The monoisotopic (exact) mass is 527 g/mol. The molecule has 0 saturated carbocycles. The molecule has 0 radical (unpaired) electrons. The smallest absolute Gasteiger partial charge is 0.266 e. The third kappa shape index (κ3) is 5.53. The number of nitrogens with one attached hydrogen (secondary N) is 1. The van der Waals surface area contributed by atoms with Crippen molar-refractivity contribution >= 4 is 40.2 Å². The molecule has 3 aromatic carbocycles. The van der Waals surface area contributed by atoms with E-state index in [0.717, 1.165) is 0 Å². The van der Waals surface area contributed by atoms with Gasteiger partial charge in [0, 0.05) is 35.6 Å². The summed E-state index contributed by atoms with van der Waals surface area (Å²) in [6.45, 7) is 0.730. The molecule has 0 unspecified atom stereocenters. The molecule has 1 heterocycles. The van der Waals surface area contributed by atoms with E-state index >= 15 is 0 Å². The third-order valence-corrected chi connectivity index (χ3v) is 6.75. The van der Waals surface area contributed by atoms with E-state index in [2.05, 4.69) is 5.32 Å². The molecule has 0 aliphatic rings. The first-order valence-electron chi connectivity index (χ1n) is 11.0. The largest absolute Gasteiger partial charge is 0.497 e. The van der Waals surface area contributed by atoms with E-state index in [0.29, 0.717) is 51.8 Å². The second kappa shape index (κ2) is 11.6. The zero-order chi connectivity index (χ0) is 25.7. The Morgan fingerprint density at radius 3 is 2.61 bits per heavy atom. The summed E-state index contributed by atoms with van der Waals surface area (Å²) in [4.78, 5) is 30.8. The molecule has 0 aliphatic carbocycles. The van der Waals surface area contributed by atoms with Crippen molar-refractivity contribution in [2.24, 2.45) is 0 Å². The van der Waals surface area contributed by atoms with Gasteiger partial charge in [-0.15, -0.1) is 0 Å². The topological polar surface area (TPSA) is 82.5 Å². The SMILES string of the molecule is COCCNC(=O)c1ccc2c(=O)n(-c3ccc(OC)cc3)c(SCc3c(F)cccc3Cl)nc2c1. The molecule has 0 spiro atoms. The zero-order valence-electron chi connectivity index (χ0n) is 19.6. The van der Waals surface area contributed by atoms with Crippen LogP contribution in [0.25, 0.3) is 16.6 Å². The summed E-state index contributed by atoms with van der Waals surface area (Å²) in [7, 11) is 3.11. The number of fused-ring (bicyclic) bond motifs is 1. The van der Waals surface area contributed by atoms with Crippen LogP contribution in [0, 0.1) is 5.82 Å². The average molecular weight is 528 g/mol. The molecule has 1 aromatic heterocycles. The molecule has 36 heavy (non-hydrogen) atoms. The summed E-state index contributed by atoms with van der Waals surface area (Å²) >= 11 is 7.38. The van der Waals surface area contributed by atoms with E-state index in [1.807, 2.05) is 0 Å². The lowest BCUT2D eigenvalue weighted by Gasteiger charge is -2.15. The minimum atomic E-state index is -0.441. The Morgan fingerprint density at radius 2 is 1.92 bits per heavy atom. The Hall–Kier alpha value is -3.40. The molecule has 0 bridgehead atoms. The molecule has 7 nitrogen and oxygen atoms in total. The maximum Gasteiger partial charge on any atom is 0.266 e. The second-order valence-corrected chi connectivity index (χ2v) is 9.05. The number of aromatic nitrogens is 2. The number of thioether (sulfide) groups is 1. The van der Waals surface area contributed by atoms with E-state index in [-0.39, 0.29) is 22.2 Å². The highest BCUT2D eigenvalue weighted by Crippen LogP contribution is 2.29. The summed E-state index contributed by atoms with van der Waals surface area (Å²) in [5, 5.41) is 3.71. The average Bonchev–Trinajstić information content (AvgIpc) is 2.88. The number of benzene rings is 3. The molecule has 1 amide bonds. The summed E-state index contributed by atoms with van der Waals surface area (Å²) in [6, 6.07) is 16.2. The lowest BCUT2D eigenvalue weighted by molar-refractivity contribution is 0.0937. The molecule has 10 heteroatoms. The van der Waals surface area contributed by atoms with E-state index in [1.165, 1.54) is 28.5 Å². The second-order valence-electron chi connectivity index (χ2n) is 7.70. The van der Waals surface area contributed by atoms with E-state index < -0.39 is 5.82 Å². The Labute approximate surface area is 216 Å².